The van der Waals surface area contributed by atoms with Crippen LogP contribution in [0.25, 0.3) is 16.5 Å². The first-order valence-corrected chi connectivity index (χ1v) is 9.11. The maximum Gasteiger partial charge on any atom is 0.149 e. The van der Waals surface area contributed by atoms with Crippen molar-refractivity contribution in [3.05, 3.63) is 109 Å². The van der Waals surface area contributed by atoms with Gasteiger partial charge < -0.3 is 9.67 Å². The Morgan fingerprint density at radius 2 is 1.74 bits per heavy atom. The summed E-state index contributed by atoms with van der Waals surface area (Å²) in [5.74, 6) is 0.303. The Kier molecular flexibility index (Phi) is 5.77. The summed E-state index contributed by atoms with van der Waals surface area (Å²) in [4.78, 5) is 0. The van der Waals surface area contributed by atoms with Crippen LogP contribution in [0.5, 0.6) is 5.75 Å². The highest BCUT2D eigenvalue weighted by Crippen LogP contribution is 2.38. The quantitative estimate of drug-likeness (QED) is 0.380. The summed E-state index contributed by atoms with van der Waals surface area (Å²) in [7, 11) is 0. The Balaban J connectivity index is 2.24. The Morgan fingerprint density at radius 3 is 2.44 bits per heavy atom. The largest absolute Gasteiger partial charge is 0.505 e. The van der Waals surface area contributed by atoms with Crippen molar-refractivity contribution in [2.45, 2.75) is 19.9 Å². The van der Waals surface area contributed by atoms with Crippen LogP contribution in [0.3, 0.4) is 0 Å². The standard InChI is InChI=1S/C25H25NO/c1-4-11-19(3)17-21(12-5-2)24-25(27)22-15-9-10-16-23(22)26(24)18-20-13-7-6-8-14-20/h4-10,12-17,27H,1-2,11,18H2,3H3/b19-17-,21-12+. The summed E-state index contributed by atoms with van der Waals surface area (Å²) in [6, 6.07) is 18.3. The first-order chi connectivity index (χ1) is 13.2. The topological polar surface area (TPSA) is 25.2 Å². The molecule has 0 atom stereocenters. The van der Waals surface area contributed by atoms with Crippen molar-refractivity contribution in [1.29, 1.82) is 0 Å². The highest BCUT2D eigenvalue weighted by Gasteiger charge is 2.18. The first-order valence-electron chi connectivity index (χ1n) is 9.11. The van der Waals surface area contributed by atoms with Gasteiger partial charge in [-0.05, 0) is 31.0 Å². The number of aromatic nitrogens is 1. The van der Waals surface area contributed by atoms with Gasteiger partial charge in [0.2, 0.25) is 0 Å². The number of aromatic hydroxyl groups is 1. The molecule has 0 amide bonds. The lowest BCUT2D eigenvalue weighted by Crippen LogP contribution is -2.04. The van der Waals surface area contributed by atoms with Crippen LogP contribution in [0, 0.1) is 0 Å². The molecule has 27 heavy (non-hydrogen) atoms. The van der Waals surface area contributed by atoms with E-state index in [0.717, 1.165) is 28.6 Å². The smallest absolute Gasteiger partial charge is 0.149 e. The van der Waals surface area contributed by atoms with E-state index >= 15 is 0 Å². The molecule has 2 nitrogen and oxygen atoms in total. The molecule has 136 valence electrons. The first kappa shape index (κ1) is 18.5. The second kappa shape index (κ2) is 8.41. The lowest BCUT2D eigenvalue weighted by atomic mass is 10.1. The molecule has 0 aliphatic carbocycles. The minimum absolute atomic E-state index is 0.303. The summed E-state index contributed by atoms with van der Waals surface area (Å²) in [5.41, 5.74) is 5.12. The zero-order valence-corrected chi connectivity index (χ0v) is 15.7. The lowest BCUT2D eigenvalue weighted by molar-refractivity contribution is 0.477. The number of hydrogen-bond donors (Lipinski definition) is 1. The van der Waals surface area contributed by atoms with Gasteiger partial charge in [-0.2, -0.15) is 0 Å². The molecule has 0 fully saturated rings. The Bertz CT molecular complexity index is 1020. The number of fused-ring (bicyclic) bond motifs is 1. The fourth-order valence-corrected chi connectivity index (χ4v) is 3.38. The molecule has 3 aromatic rings. The van der Waals surface area contributed by atoms with Crippen molar-refractivity contribution in [2.75, 3.05) is 0 Å². The van der Waals surface area contributed by atoms with E-state index in [1.807, 2.05) is 54.6 Å². The van der Waals surface area contributed by atoms with E-state index in [0.29, 0.717) is 12.3 Å². The van der Waals surface area contributed by atoms with E-state index in [1.165, 1.54) is 11.1 Å². The van der Waals surface area contributed by atoms with Gasteiger partial charge in [0.1, 0.15) is 5.75 Å². The average Bonchev–Trinajstić information content (AvgIpc) is 2.95. The second-order valence-corrected chi connectivity index (χ2v) is 6.63. The summed E-state index contributed by atoms with van der Waals surface area (Å²) in [6.07, 6.45) is 8.49. The van der Waals surface area contributed by atoms with Gasteiger partial charge in [0.25, 0.3) is 0 Å². The minimum Gasteiger partial charge on any atom is -0.505 e. The van der Waals surface area contributed by atoms with Crippen molar-refractivity contribution in [3.8, 4) is 5.75 Å². The van der Waals surface area contributed by atoms with Gasteiger partial charge in [-0.15, -0.1) is 6.58 Å². The summed E-state index contributed by atoms with van der Waals surface area (Å²) in [6.45, 7) is 10.4. The Labute approximate surface area is 161 Å². The zero-order valence-electron chi connectivity index (χ0n) is 15.7. The van der Waals surface area contributed by atoms with Crippen LogP contribution in [0.4, 0.5) is 0 Å². The summed E-state index contributed by atoms with van der Waals surface area (Å²) < 4.78 is 2.17. The number of benzene rings is 2. The number of rotatable bonds is 7. The molecule has 1 N–H and O–H groups in total. The van der Waals surface area contributed by atoms with E-state index in [2.05, 4.69) is 42.9 Å². The summed E-state index contributed by atoms with van der Waals surface area (Å²) >= 11 is 0. The molecule has 2 aromatic carbocycles. The molecule has 0 aliphatic rings. The number of allylic oxidation sites excluding steroid dienone is 6. The number of para-hydroxylation sites is 1. The van der Waals surface area contributed by atoms with Gasteiger partial charge in [0.05, 0.1) is 11.2 Å². The van der Waals surface area contributed by atoms with Gasteiger partial charge in [-0.1, -0.05) is 78.9 Å². The zero-order chi connectivity index (χ0) is 19.2. The predicted molar refractivity (Wildman–Crippen MR) is 116 cm³/mol. The second-order valence-electron chi connectivity index (χ2n) is 6.63. The molecule has 0 unspecified atom stereocenters. The monoisotopic (exact) mass is 355 g/mol. The van der Waals surface area contributed by atoms with Crippen LogP contribution >= 0.6 is 0 Å². The average molecular weight is 355 g/mol. The molecule has 0 radical (unpaired) electrons. The predicted octanol–water partition coefficient (Wildman–Crippen LogP) is 6.49. The molecular formula is C25H25NO. The van der Waals surface area contributed by atoms with E-state index in [9.17, 15) is 5.11 Å². The van der Waals surface area contributed by atoms with Crippen molar-refractivity contribution < 1.29 is 5.11 Å². The lowest BCUT2D eigenvalue weighted by Gasteiger charge is -2.13. The molecule has 2 heteroatoms. The third kappa shape index (κ3) is 3.95. The van der Waals surface area contributed by atoms with Crippen molar-refractivity contribution in [2.24, 2.45) is 0 Å². The fourth-order valence-electron chi connectivity index (χ4n) is 3.38. The fraction of sp³-hybridized carbons (Fsp3) is 0.120. The maximum absolute atomic E-state index is 11.0. The molecule has 3 rings (SSSR count). The molecule has 0 saturated carbocycles. The summed E-state index contributed by atoms with van der Waals surface area (Å²) in [5, 5.41) is 11.9. The maximum atomic E-state index is 11.0. The molecule has 0 spiro atoms. The number of hydrogen-bond acceptors (Lipinski definition) is 1. The van der Waals surface area contributed by atoms with Crippen LogP contribution in [-0.2, 0) is 6.54 Å². The minimum atomic E-state index is 0.303. The van der Waals surface area contributed by atoms with Crippen LogP contribution in [0.2, 0.25) is 0 Å². The highest BCUT2D eigenvalue weighted by atomic mass is 16.3. The highest BCUT2D eigenvalue weighted by molar-refractivity contribution is 5.95. The van der Waals surface area contributed by atoms with Gasteiger partial charge in [0.15, 0.2) is 0 Å². The van der Waals surface area contributed by atoms with E-state index in [4.69, 9.17) is 0 Å². The van der Waals surface area contributed by atoms with Crippen molar-refractivity contribution in [1.82, 2.24) is 4.57 Å². The molecule has 1 heterocycles. The van der Waals surface area contributed by atoms with Gasteiger partial charge in [0, 0.05) is 17.5 Å². The van der Waals surface area contributed by atoms with Gasteiger partial charge in [-0.25, -0.2) is 0 Å². The van der Waals surface area contributed by atoms with Crippen molar-refractivity contribution in [3.63, 3.8) is 0 Å². The molecule has 0 bridgehead atoms. The molecular weight excluding hydrogens is 330 g/mol. The Morgan fingerprint density at radius 1 is 1.04 bits per heavy atom. The molecule has 0 aliphatic heterocycles. The van der Waals surface area contributed by atoms with Crippen molar-refractivity contribution >= 4 is 16.5 Å². The molecule has 1 aromatic heterocycles. The van der Waals surface area contributed by atoms with E-state index in [1.54, 1.807) is 6.08 Å². The van der Waals surface area contributed by atoms with E-state index < -0.39 is 0 Å². The SMILES string of the molecule is C=C/C=C(\C=C(\C)CC=C)c1c(O)c2ccccc2n1Cc1ccccc1. The third-order valence-corrected chi connectivity index (χ3v) is 4.57. The normalized spacial score (nSPS) is 12.3. The van der Waals surface area contributed by atoms with Crippen LogP contribution in [-0.4, -0.2) is 9.67 Å². The van der Waals surface area contributed by atoms with Crippen LogP contribution in [0.1, 0.15) is 24.6 Å². The number of nitrogens with zero attached hydrogens (tertiary/aromatic N) is 1. The van der Waals surface area contributed by atoms with Crippen LogP contribution in [0.15, 0.2) is 97.6 Å². The van der Waals surface area contributed by atoms with Crippen LogP contribution < -0.4 is 0 Å². The van der Waals surface area contributed by atoms with Gasteiger partial charge in [-0.3, -0.25) is 0 Å². The van der Waals surface area contributed by atoms with E-state index in [-0.39, 0.29) is 0 Å². The third-order valence-electron chi connectivity index (χ3n) is 4.57. The van der Waals surface area contributed by atoms with Gasteiger partial charge >= 0.3 is 0 Å². The Hall–Kier alpha value is -3.26. The molecule has 0 saturated heterocycles.